The largest absolute Gasteiger partial charge is 0.467 e. The summed E-state index contributed by atoms with van der Waals surface area (Å²) >= 11 is 1.24. The van der Waals surface area contributed by atoms with E-state index in [0.717, 1.165) is 5.56 Å². The first-order valence-electron chi connectivity index (χ1n) is 9.50. The number of hydrogen-bond donors (Lipinski definition) is 1. The van der Waals surface area contributed by atoms with E-state index in [1.165, 1.54) is 11.3 Å². The quantitative estimate of drug-likeness (QED) is 0.479. The molecule has 4 rings (SSSR count). The highest BCUT2D eigenvalue weighted by Crippen LogP contribution is 2.24. The summed E-state index contributed by atoms with van der Waals surface area (Å²) in [6, 6.07) is 12.5. The van der Waals surface area contributed by atoms with Gasteiger partial charge in [-0.15, -0.1) is 11.3 Å². The van der Waals surface area contributed by atoms with Crippen LogP contribution in [0, 0.1) is 0 Å². The molecule has 0 aliphatic heterocycles. The van der Waals surface area contributed by atoms with Crippen LogP contribution in [0.1, 0.15) is 31.4 Å². The maximum Gasteiger partial charge on any atom is 0.266 e. The maximum absolute atomic E-state index is 13.3. The Labute approximate surface area is 182 Å². The molecular weight excluding hydrogens is 414 g/mol. The fourth-order valence-electron chi connectivity index (χ4n) is 2.96. The number of rotatable bonds is 7. The maximum atomic E-state index is 13.3. The number of carbonyl (C=O) groups excluding carboxylic acids is 2. The van der Waals surface area contributed by atoms with Crippen LogP contribution in [-0.4, -0.2) is 38.7 Å². The van der Waals surface area contributed by atoms with Crippen LogP contribution in [0.15, 0.2) is 71.7 Å². The first kappa shape index (κ1) is 20.4. The number of thiazole rings is 1. The summed E-state index contributed by atoms with van der Waals surface area (Å²) in [5.41, 5.74) is 1.45. The molecule has 0 fully saturated rings. The Hall–Kier alpha value is -3.85. The molecular formula is C22H19N5O3S. The highest BCUT2D eigenvalue weighted by Gasteiger charge is 2.21. The molecule has 0 unspecified atom stereocenters. The predicted molar refractivity (Wildman–Crippen MR) is 115 cm³/mol. The molecule has 4 aromatic rings. The Morgan fingerprint density at radius 2 is 1.81 bits per heavy atom. The van der Waals surface area contributed by atoms with Gasteiger partial charge in [0.15, 0.2) is 10.8 Å². The minimum absolute atomic E-state index is 0.157. The van der Waals surface area contributed by atoms with E-state index in [-0.39, 0.29) is 11.8 Å². The first-order chi connectivity index (χ1) is 15.1. The molecule has 31 heavy (non-hydrogen) atoms. The van der Waals surface area contributed by atoms with E-state index < -0.39 is 0 Å². The Morgan fingerprint density at radius 3 is 2.48 bits per heavy atom. The molecule has 0 atom stereocenters. The molecule has 3 heterocycles. The van der Waals surface area contributed by atoms with Crippen LogP contribution in [0.3, 0.4) is 0 Å². The molecule has 8 nitrogen and oxygen atoms in total. The number of aromatic nitrogens is 3. The number of amides is 2. The number of carbonyl (C=O) groups is 2. The van der Waals surface area contributed by atoms with Crippen molar-refractivity contribution in [2.45, 2.75) is 13.1 Å². The van der Waals surface area contributed by atoms with Crippen LogP contribution < -0.4 is 5.32 Å². The summed E-state index contributed by atoms with van der Waals surface area (Å²) in [5, 5.41) is 3.18. The average Bonchev–Trinajstić information content (AvgIpc) is 3.51. The zero-order valence-electron chi connectivity index (χ0n) is 16.7. The van der Waals surface area contributed by atoms with Crippen LogP contribution in [0.5, 0.6) is 0 Å². The smallest absolute Gasteiger partial charge is 0.266 e. The number of nitrogens with zero attached hydrogens (tertiary/aromatic N) is 4. The summed E-state index contributed by atoms with van der Waals surface area (Å²) < 4.78 is 5.45. The summed E-state index contributed by atoms with van der Waals surface area (Å²) in [5.74, 6) is 0.822. The molecule has 1 aromatic carbocycles. The second-order valence-corrected chi connectivity index (χ2v) is 7.65. The van der Waals surface area contributed by atoms with Crippen LogP contribution in [0.4, 0.5) is 0 Å². The molecule has 0 spiro atoms. The molecule has 1 N–H and O–H groups in total. The van der Waals surface area contributed by atoms with E-state index in [0.29, 0.717) is 40.1 Å². The Bertz CT molecular complexity index is 1160. The lowest BCUT2D eigenvalue weighted by atomic mass is 10.1. The van der Waals surface area contributed by atoms with E-state index in [1.54, 1.807) is 61.1 Å². The normalized spacial score (nSPS) is 10.6. The fraction of sp³-hybridized carbons (Fsp3) is 0.136. The molecule has 0 saturated heterocycles. The van der Waals surface area contributed by atoms with Crippen molar-refractivity contribution in [3.05, 3.63) is 89.1 Å². The third-order valence-corrected chi connectivity index (χ3v) is 5.49. The molecule has 0 aliphatic rings. The van der Waals surface area contributed by atoms with E-state index in [2.05, 4.69) is 20.3 Å². The summed E-state index contributed by atoms with van der Waals surface area (Å²) in [6.07, 6.45) is 6.39. The van der Waals surface area contributed by atoms with E-state index >= 15 is 0 Å². The van der Waals surface area contributed by atoms with Crippen LogP contribution in [0.2, 0.25) is 0 Å². The van der Waals surface area contributed by atoms with Gasteiger partial charge in [0, 0.05) is 31.5 Å². The second-order valence-electron chi connectivity index (χ2n) is 6.62. The van der Waals surface area contributed by atoms with Gasteiger partial charge in [0.1, 0.15) is 10.6 Å². The van der Waals surface area contributed by atoms with Crippen molar-refractivity contribution in [1.29, 1.82) is 0 Å². The van der Waals surface area contributed by atoms with Gasteiger partial charge < -0.3 is 14.6 Å². The van der Waals surface area contributed by atoms with Gasteiger partial charge in [0.05, 0.1) is 19.0 Å². The summed E-state index contributed by atoms with van der Waals surface area (Å²) in [4.78, 5) is 39.9. The lowest BCUT2D eigenvalue weighted by Crippen LogP contribution is -2.29. The summed E-state index contributed by atoms with van der Waals surface area (Å²) in [7, 11) is 1.59. The third-order valence-electron chi connectivity index (χ3n) is 4.50. The number of furan rings is 1. The van der Waals surface area contributed by atoms with Gasteiger partial charge in [-0.25, -0.2) is 15.0 Å². The highest BCUT2D eigenvalue weighted by atomic mass is 32.1. The van der Waals surface area contributed by atoms with Crippen molar-refractivity contribution in [3.63, 3.8) is 0 Å². The lowest BCUT2D eigenvalue weighted by Gasteiger charge is -2.21. The molecule has 0 aliphatic carbocycles. The molecule has 0 radical (unpaired) electrons. The molecule has 2 amide bonds. The molecule has 0 saturated carbocycles. The molecule has 156 valence electrons. The van der Waals surface area contributed by atoms with Crippen LogP contribution >= 0.6 is 11.3 Å². The highest BCUT2D eigenvalue weighted by molar-refractivity contribution is 7.16. The zero-order chi connectivity index (χ0) is 21.6. The van der Waals surface area contributed by atoms with E-state index in [1.807, 2.05) is 18.2 Å². The van der Waals surface area contributed by atoms with Gasteiger partial charge in [-0.1, -0.05) is 12.1 Å². The van der Waals surface area contributed by atoms with Crippen molar-refractivity contribution < 1.29 is 14.0 Å². The predicted octanol–water partition coefficient (Wildman–Crippen LogP) is 3.40. The number of benzene rings is 1. The van der Waals surface area contributed by atoms with Gasteiger partial charge >= 0.3 is 0 Å². The minimum Gasteiger partial charge on any atom is -0.467 e. The SMILES string of the molecule is CNC(=O)c1ccc(CN(Cc2ccco2)C(=O)c2cnc(-c3ncccn3)s2)cc1. The summed E-state index contributed by atoms with van der Waals surface area (Å²) in [6.45, 7) is 0.654. The minimum atomic E-state index is -0.175. The van der Waals surface area contributed by atoms with Crippen LogP contribution in [-0.2, 0) is 13.1 Å². The lowest BCUT2D eigenvalue weighted by molar-refractivity contribution is 0.0722. The van der Waals surface area contributed by atoms with Gasteiger partial charge in [-0.3, -0.25) is 9.59 Å². The second kappa shape index (κ2) is 9.31. The van der Waals surface area contributed by atoms with Crippen LogP contribution in [0.25, 0.3) is 10.8 Å². The number of hydrogen-bond acceptors (Lipinski definition) is 7. The monoisotopic (exact) mass is 433 g/mol. The third kappa shape index (κ3) is 4.84. The van der Waals surface area contributed by atoms with E-state index in [9.17, 15) is 9.59 Å². The van der Waals surface area contributed by atoms with Crippen molar-refractivity contribution in [2.24, 2.45) is 0 Å². The standard InChI is InChI=1S/C22H19N5O3S/c1-23-20(28)16-7-5-15(6-8-16)13-27(14-17-4-2-11-30-17)22(29)18-12-26-21(31-18)19-24-9-3-10-25-19/h2-12H,13-14H2,1H3,(H,23,28). The van der Waals surface area contributed by atoms with Gasteiger partial charge in [0.2, 0.25) is 0 Å². The molecule has 0 bridgehead atoms. The van der Waals surface area contributed by atoms with Gasteiger partial charge in [0.25, 0.3) is 11.8 Å². The first-order valence-corrected chi connectivity index (χ1v) is 10.3. The Morgan fingerprint density at radius 1 is 1.03 bits per heavy atom. The van der Waals surface area contributed by atoms with E-state index in [4.69, 9.17) is 4.42 Å². The zero-order valence-corrected chi connectivity index (χ0v) is 17.5. The van der Waals surface area contributed by atoms with Crippen molar-refractivity contribution >= 4 is 23.2 Å². The number of nitrogens with one attached hydrogen (secondary N) is 1. The fourth-order valence-corrected chi connectivity index (χ4v) is 3.79. The van der Waals surface area contributed by atoms with Crippen molar-refractivity contribution in [1.82, 2.24) is 25.2 Å². The average molecular weight is 433 g/mol. The Kier molecular flexibility index (Phi) is 6.13. The topological polar surface area (TPSA) is 101 Å². The van der Waals surface area contributed by atoms with Gasteiger partial charge in [-0.05, 0) is 35.9 Å². The molecule has 3 aromatic heterocycles. The Balaban J connectivity index is 1.57. The van der Waals surface area contributed by atoms with Crippen molar-refractivity contribution in [2.75, 3.05) is 7.05 Å². The molecule has 9 heteroatoms. The van der Waals surface area contributed by atoms with Gasteiger partial charge in [-0.2, -0.15) is 0 Å². The van der Waals surface area contributed by atoms with Crippen molar-refractivity contribution in [3.8, 4) is 10.8 Å².